The Balaban J connectivity index is 2.71. The number of aromatic nitrogens is 1. The van der Waals surface area contributed by atoms with Gasteiger partial charge in [-0.2, -0.15) is 0 Å². The Hall–Kier alpha value is -1.35. The van der Waals surface area contributed by atoms with Crippen LogP contribution in [0.3, 0.4) is 0 Å². The maximum atomic E-state index is 12.9. The Bertz CT molecular complexity index is 408. The molecular weight excluding hydrogens is 157 g/mol. The second kappa shape index (κ2) is 2.60. The largest absolute Gasteiger partial charge is 0.392 e. The normalized spacial score (nSPS) is 10.8. The summed E-state index contributed by atoms with van der Waals surface area (Å²) < 4.78 is 12.9. The number of rotatable bonds is 1. The van der Waals surface area contributed by atoms with Gasteiger partial charge < -0.3 is 10.1 Å². The molecule has 2 rings (SSSR count). The zero-order valence-electron chi connectivity index (χ0n) is 6.34. The molecule has 2 N–H and O–H groups in total. The van der Waals surface area contributed by atoms with Crippen LogP contribution in [0.25, 0.3) is 10.9 Å². The molecular formula is C9H8FNO. The summed E-state index contributed by atoms with van der Waals surface area (Å²) in [6, 6.07) is 5.16. The van der Waals surface area contributed by atoms with E-state index in [4.69, 9.17) is 5.11 Å². The van der Waals surface area contributed by atoms with Crippen LogP contribution in [0.5, 0.6) is 0 Å². The zero-order valence-corrected chi connectivity index (χ0v) is 6.34. The summed E-state index contributed by atoms with van der Waals surface area (Å²) in [5.41, 5.74) is 1.48. The van der Waals surface area contributed by atoms with Crippen LogP contribution in [0.15, 0.2) is 24.4 Å². The fraction of sp³-hybridized carbons (Fsp3) is 0.111. The summed E-state index contributed by atoms with van der Waals surface area (Å²) in [6.07, 6.45) is 1.31. The minimum absolute atomic E-state index is 0.0550. The van der Waals surface area contributed by atoms with Crippen LogP contribution in [-0.2, 0) is 6.61 Å². The van der Waals surface area contributed by atoms with E-state index in [9.17, 15) is 4.39 Å². The molecule has 0 spiro atoms. The van der Waals surface area contributed by atoms with Gasteiger partial charge in [0.2, 0.25) is 0 Å². The number of aliphatic hydroxyl groups is 1. The number of benzene rings is 1. The first-order chi connectivity index (χ1) is 5.81. The minimum Gasteiger partial charge on any atom is -0.392 e. The van der Waals surface area contributed by atoms with E-state index in [1.807, 2.05) is 0 Å². The Kier molecular flexibility index (Phi) is 1.59. The smallest absolute Gasteiger partial charge is 0.148 e. The van der Waals surface area contributed by atoms with Crippen molar-refractivity contribution in [1.82, 2.24) is 4.98 Å². The van der Waals surface area contributed by atoms with Crippen molar-refractivity contribution in [3.63, 3.8) is 0 Å². The maximum Gasteiger partial charge on any atom is 0.148 e. The second-order valence-electron chi connectivity index (χ2n) is 2.67. The highest BCUT2D eigenvalue weighted by atomic mass is 19.1. The molecule has 0 bridgehead atoms. The average Bonchev–Trinajstić information content (AvgIpc) is 2.47. The summed E-state index contributed by atoms with van der Waals surface area (Å²) >= 11 is 0. The SMILES string of the molecule is OCc1ccc2[nH]cc(F)c2c1. The number of fused-ring (bicyclic) bond motifs is 1. The Labute approximate surface area is 68.6 Å². The standard InChI is InChI=1S/C9H8FNO/c10-8-4-11-9-2-1-6(5-12)3-7(8)9/h1-4,11-12H,5H2. The molecule has 0 saturated carbocycles. The van der Waals surface area contributed by atoms with Crippen LogP contribution in [0.2, 0.25) is 0 Å². The first-order valence-electron chi connectivity index (χ1n) is 3.67. The summed E-state index contributed by atoms with van der Waals surface area (Å²) in [4.78, 5) is 2.78. The lowest BCUT2D eigenvalue weighted by atomic mass is 10.2. The van der Waals surface area contributed by atoms with E-state index < -0.39 is 0 Å². The van der Waals surface area contributed by atoms with Crippen molar-refractivity contribution in [2.75, 3.05) is 0 Å². The average molecular weight is 165 g/mol. The molecule has 2 aromatic rings. The number of aliphatic hydroxyl groups excluding tert-OH is 1. The van der Waals surface area contributed by atoms with Gasteiger partial charge >= 0.3 is 0 Å². The Morgan fingerprint density at radius 3 is 3.00 bits per heavy atom. The molecule has 1 aromatic carbocycles. The Morgan fingerprint density at radius 2 is 2.25 bits per heavy atom. The number of hydrogen-bond donors (Lipinski definition) is 2. The van der Waals surface area contributed by atoms with Crippen molar-refractivity contribution < 1.29 is 9.50 Å². The first kappa shape index (κ1) is 7.31. The van der Waals surface area contributed by atoms with Crippen molar-refractivity contribution in [3.05, 3.63) is 35.8 Å². The van der Waals surface area contributed by atoms with Crippen molar-refractivity contribution >= 4 is 10.9 Å². The molecule has 2 nitrogen and oxygen atoms in total. The Morgan fingerprint density at radius 1 is 1.42 bits per heavy atom. The van der Waals surface area contributed by atoms with Gasteiger partial charge in [0, 0.05) is 17.1 Å². The molecule has 0 fully saturated rings. The van der Waals surface area contributed by atoms with Gasteiger partial charge in [0.25, 0.3) is 0 Å². The summed E-state index contributed by atoms with van der Waals surface area (Å²) in [5.74, 6) is -0.277. The predicted octanol–water partition coefficient (Wildman–Crippen LogP) is 1.80. The molecule has 0 unspecified atom stereocenters. The second-order valence-corrected chi connectivity index (χ2v) is 2.67. The van der Waals surface area contributed by atoms with E-state index in [1.165, 1.54) is 6.20 Å². The minimum atomic E-state index is -0.277. The van der Waals surface area contributed by atoms with Crippen molar-refractivity contribution in [2.24, 2.45) is 0 Å². The van der Waals surface area contributed by atoms with E-state index in [2.05, 4.69) is 4.98 Å². The number of H-pyrrole nitrogens is 1. The molecule has 0 aliphatic rings. The molecule has 3 heteroatoms. The van der Waals surface area contributed by atoms with E-state index in [-0.39, 0.29) is 12.4 Å². The molecule has 0 aliphatic carbocycles. The fourth-order valence-electron chi connectivity index (χ4n) is 1.23. The van der Waals surface area contributed by atoms with Crippen LogP contribution in [-0.4, -0.2) is 10.1 Å². The highest BCUT2D eigenvalue weighted by Crippen LogP contribution is 2.17. The molecule has 12 heavy (non-hydrogen) atoms. The summed E-state index contributed by atoms with van der Waals surface area (Å²) in [5, 5.41) is 9.32. The van der Waals surface area contributed by atoms with Crippen LogP contribution in [0.4, 0.5) is 4.39 Å². The van der Waals surface area contributed by atoms with Crippen LogP contribution in [0, 0.1) is 5.82 Å². The van der Waals surface area contributed by atoms with Crippen LogP contribution < -0.4 is 0 Å². The monoisotopic (exact) mass is 165 g/mol. The lowest BCUT2D eigenvalue weighted by Gasteiger charge is -1.94. The van der Waals surface area contributed by atoms with E-state index in [0.29, 0.717) is 5.39 Å². The quantitative estimate of drug-likeness (QED) is 0.664. The highest BCUT2D eigenvalue weighted by Gasteiger charge is 2.02. The van der Waals surface area contributed by atoms with Gasteiger partial charge in [-0.1, -0.05) is 6.07 Å². The first-order valence-corrected chi connectivity index (χ1v) is 3.67. The molecule has 0 atom stereocenters. The fourth-order valence-corrected chi connectivity index (χ4v) is 1.23. The molecule has 0 aliphatic heterocycles. The van der Waals surface area contributed by atoms with E-state index in [1.54, 1.807) is 18.2 Å². The van der Waals surface area contributed by atoms with Crippen LogP contribution >= 0.6 is 0 Å². The number of nitrogens with one attached hydrogen (secondary N) is 1. The van der Waals surface area contributed by atoms with E-state index in [0.717, 1.165) is 11.1 Å². The number of hydrogen-bond acceptors (Lipinski definition) is 1. The lowest BCUT2D eigenvalue weighted by molar-refractivity contribution is 0.282. The van der Waals surface area contributed by atoms with Gasteiger partial charge in [-0.05, 0) is 17.7 Å². The summed E-state index contributed by atoms with van der Waals surface area (Å²) in [7, 11) is 0. The third kappa shape index (κ3) is 0.987. The summed E-state index contributed by atoms with van der Waals surface area (Å²) in [6.45, 7) is -0.0550. The van der Waals surface area contributed by atoms with Crippen LogP contribution in [0.1, 0.15) is 5.56 Å². The van der Waals surface area contributed by atoms with Gasteiger partial charge in [-0.15, -0.1) is 0 Å². The van der Waals surface area contributed by atoms with Gasteiger partial charge in [0.15, 0.2) is 0 Å². The molecule has 0 amide bonds. The molecule has 1 aromatic heterocycles. The lowest BCUT2D eigenvalue weighted by Crippen LogP contribution is -1.81. The molecule has 62 valence electrons. The van der Waals surface area contributed by atoms with Gasteiger partial charge in [-0.25, -0.2) is 4.39 Å². The molecule has 0 radical (unpaired) electrons. The zero-order chi connectivity index (χ0) is 8.55. The number of aromatic amines is 1. The van der Waals surface area contributed by atoms with E-state index >= 15 is 0 Å². The highest BCUT2D eigenvalue weighted by molar-refractivity contribution is 5.80. The molecule has 1 heterocycles. The van der Waals surface area contributed by atoms with Crippen molar-refractivity contribution in [2.45, 2.75) is 6.61 Å². The van der Waals surface area contributed by atoms with Crippen molar-refractivity contribution in [3.8, 4) is 0 Å². The third-order valence-electron chi connectivity index (χ3n) is 1.88. The molecule has 0 saturated heterocycles. The van der Waals surface area contributed by atoms with Gasteiger partial charge in [0.1, 0.15) is 5.82 Å². The maximum absolute atomic E-state index is 12.9. The van der Waals surface area contributed by atoms with Gasteiger partial charge in [-0.3, -0.25) is 0 Å². The van der Waals surface area contributed by atoms with Gasteiger partial charge in [0.05, 0.1) is 6.61 Å². The van der Waals surface area contributed by atoms with Crippen molar-refractivity contribution in [1.29, 1.82) is 0 Å². The topological polar surface area (TPSA) is 36.0 Å². The third-order valence-corrected chi connectivity index (χ3v) is 1.88. The predicted molar refractivity (Wildman–Crippen MR) is 44.2 cm³/mol. The number of halogens is 1.